The van der Waals surface area contributed by atoms with E-state index < -0.39 is 0 Å². The summed E-state index contributed by atoms with van der Waals surface area (Å²) in [7, 11) is 2.19. The lowest BCUT2D eigenvalue weighted by atomic mass is 9.84. The second-order valence-corrected chi connectivity index (χ2v) is 8.24. The molecule has 0 unspecified atom stereocenters. The maximum atomic E-state index is 2.35. The zero-order chi connectivity index (χ0) is 18.5. The molecule has 0 amide bonds. The number of rotatable bonds is 1. The molecule has 0 saturated heterocycles. The molecule has 0 bridgehead atoms. The Morgan fingerprint density at radius 3 is 2.27 bits per heavy atom. The molecule has 130 valence electrons. The highest BCUT2D eigenvalue weighted by molar-refractivity contribution is 5.97. The quantitative estimate of drug-likeness (QED) is 0.369. The van der Waals surface area contributed by atoms with E-state index in [4.69, 9.17) is 0 Å². The van der Waals surface area contributed by atoms with Gasteiger partial charge in [-0.1, -0.05) is 69.3 Å². The molecule has 0 atom stereocenters. The van der Waals surface area contributed by atoms with E-state index in [1.165, 1.54) is 44.1 Å². The normalized spacial score (nSPS) is 12.0. The topological polar surface area (TPSA) is 3.88 Å². The fourth-order valence-electron chi connectivity index (χ4n) is 4.05. The first-order valence-electron chi connectivity index (χ1n) is 9.29. The minimum Gasteiger partial charge on any atom is -0.194 e. The van der Waals surface area contributed by atoms with Gasteiger partial charge in [0.1, 0.15) is 7.05 Å². The van der Waals surface area contributed by atoms with Crippen LogP contribution in [0.2, 0.25) is 0 Å². The summed E-state index contributed by atoms with van der Waals surface area (Å²) in [5.74, 6) is 0. The lowest BCUT2D eigenvalue weighted by Crippen LogP contribution is -2.32. The number of fused-ring (bicyclic) bond motifs is 2. The van der Waals surface area contributed by atoms with Crippen molar-refractivity contribution in [3.63, 3.8) is 0 Å². The molecule has 1 heterocycles. The van der Waals surface area contributed by atoms with Crippen LogP contribution in [0.5, 0.6) is 0 Å². The van der Waals surface area contributed by atoms with Crippen LogP contribution in [0.4, 0.5) is 0 Å². The zero-order valence-electron chi connectivity index (χ0n) is 16.3. The number of aryl methyl sites for hydroxylation is 2. The van der Waals surface area contributed by atoms with Crippen molar-refractivity contribution >= 4 is 21.7 Å². The third-order valence-electron chi connectivity index (χ3n) is 5.42. The summed E-state index contributed by atoms with van der Waals surface area (Å²) in [4.78, 5) is 0. The molecule has 0 radical (unpaired) electrons. The third kappa shape index (κ3) is 2.59. The van der Waals surface area contributed by atoms with E-state index in [1.807, 2.05) is 0 Å². The van der Waals surface area contributed by atoms with Gasteiger partial charge in [0.05, 0.1) is 10.9 Å². The van der Waals surface area contributed by atoms with Gasteiger partial charge in [-0.3, -0.25) is 0 Å². The highest BCUT2D eigenvalue weighted by atomic mass is 14.9. The molecule has 4 rings (SSSR count). The van der Waals surface area contributed by atoms with Gasteiger partial charge in [0.25, 0.3) is 0 Å². The van der Waals surface area contributed by atoms with Gasteiger partial charge in [0.2, 0.25) is 11.2 Å². The molecule has 1 nitrogen and oxygen atoms in total. The van der Waals surface area contributed by atoms with Gasteiger partial charge in [-0.2, -0.15) is 4.57 Å². The van der Waals surface area contributed by atoms with Gasteiger partial charge in [-0.15, -0.1) is 0 Å². The molecule has 1 aromatic heterocycles. The zero-order valence-corrected chi connectivity index (χ0v) is 16.3. The number of benzene rings is 3. The lowest BCUT2D eigenvalue weighted by molar-refractivity contribution is -0.633. The van der Waals surface area contributed by atoms with Crippen LogP contribution in [-0.4, -0.2) is 0 Å². The monoisotopic (exact) mass is 340 g/mol. The Hall–Kier alpha value is -2.67. The average Bonchev–Trinajstić information content (AvgIpc) is 2.62. The predicted molar refractivity (Wildman–Crippen MR) is 112 cm³/mol. The first-order valence-corrected chi connectivity index (χ1v) is 9.29. The molecule has 0 aliphatic carbocycles. The number of nitrogens with zero attached hydrogens (tertiary/aromatic N) is 1. The smallest absolute Gasteiger partial charge is 0.194 e. The Labute approximate surface area is 155 Å². The van der Waals surface area contributed by atoms with E-state index >= 15 is 0 Å². The van der Waals surface area contributed by atoms with Crippen molar-refractivity contribution < 1.29 is 4.57 Å². The van der Waals surface area contributed by atoms with Gasteiger partial charge in [0, 0.05) is 12.1 Å². The molecule has 0 aliphatic heterocycles. The molecule has 0 fully saturated rings. The standard InChI is InChI=1S/C25H26N/c1-17-13-14-18-9-6-7-10-19(18)24(17)23-16-15-20-21(25(2,3)4)11-8-12-22(20)26(23)5/h6-16H,1-5H3/q+1. The van der Waals surface area contributed by atoms with E-state index in [0.29, 0.717) is 0 Å². The van der Waals surface area contributed by atoms with Crippen molar-refractivity contribution in [1.29, 1.82) is 0 Å². The predicted octanol–water partition coefficient (Wildman–Crippen LogP) is 6.09. The van der Waals surface area contributed by atoms with E-state index in [2.05, 4.69) is 106 Å². The van der Waals surface area contributed by atoms with Crippen molar-refractivity contribution in [1.82, 2.24) is 0 Å². The van der Waals surface area contributed by atoms with E-state index in [-0.39, 0.29) is 5.41 Å². The Morgan fingerprint density at radius 2 is 1.50 bits per heavy atom. The highest BCUT2D eigenvalue weighted by Crippen LogP contribution is 2.33. The third-order valence-corrected chi connectivity index (χ3v) is 5.42. The van der Waals surface area contributed by atoms with Crippen LogP contribution >= 0.6 is 0 Å². The van der Waals surface area contributed by atoms with Crippen LogP contribution < -0.4 is 4.57 Å². The fourth-order valence-corrected chi connectivity index (χ4v) is 4.05. The summed E-state index contributed by atoms with van der Waals surface area (Å²) in [6, 6.07) is 24.4. The Bertz CT molecular complexity index is 1130. The number of aromatic nitrogens is 1. The molecule has 0 spiro atoms. The highest BCUT2D eigenvalue weighted by Gasteiger charge is 2.23. The van der Waals surface area contributed by atoms with Gasteiger partial charge in [-0.05, 0) is 40.3 Å². The SMILES string of the molecule is Cc1ccc2ccccc2c1-c1ccc2c(C(C)(C)C)cccc2[n+]1C. The van der Waals surface area contributed by atoms with Crippen molar-refractivity contribution in [2.24, 2.45) is 7.05 Å². The molecule has 1 heteroatoms. The summed E-state index contributed by atoms with van der Waals surface area (Å²) in [6.07, 6.45) is 0. The molecule has 26 heavy (non-hydrogen) atoms. The number of hydrogen-bond acceptors (Lipinski definition) is 0. The van der Waals surface area contributed by atoms with Gasteiger partial charge < -0.3 is 0 Å². The molecule has 0 aliphatic rings. The minimum atomic E-state index is 0.128. The Kier molecular flexibility index (Phi) is 3.84. The van der Waals surface area contributed by atoms with Crippen molar-refractivity contribution in [3.05, 3.63) is 77.9 Å². The number of pyridine rings is 1. The maximum absolute atomic E-state index is 2.35. The molecule has 4 aromatic rings. The average molecular weight is 340 g/mol. The molecule has 0 N–H and O–H groups in total. The van der Waals surface area contributed by atoms with Gasteiger partial charge in [-0.25, -0.2) is 0 Å². The largest absolute Gasteiger partial charge is 0.213 e. The van der Waals surface area contributed by atoms with Crippen molar-refractivity contribution in [3.8, 4) is 11.3 Å². The molecular formula is C25H26N+. The van der Waals surface area contributed by atoms with E-state index in [9.17, 15) is 0 Å². The van der Waals surface area contributed by atoms with E-state index in [0.717, 1.165) is 0 Å². The molecular weight excluding hydrogens is 314 g/mol. The van der Waals surface area contributed by atoms with Crippen molar-refractivity contribution in [2.75, 3.05) is 0 Å². The van der Waals surface area contributed by atoms with Crippen LogP contribution in [0.25, 0.3) is 32.9 Å². The summed E-state index contributed by atoms with van der Waals surface area (Å²) in [6.45, 7) is 9.05. The molecule has 0 saturated carbocycles. The van der Waals surface area contributed by atoms with Crippen LogP contribution in [0.15, 0.2) is 66.7 Å². The van der Waals surface area contributed by atoms with Crippen molar-refractivity contribution in [2.45, 2.75) is 33.1 Å². The Balaban J connectivity index is 2.07. The second kappa shape index (κ2) is 5.95. The fraction of sp³-hybridized carbons (Fsp3) is 0.240. The first kappa shape index (κ1) is 16.8. The summed E-state index contributed by atoms with van der Waals surface area (Å²) in [5.41, 5.74) is 6.70. The van der Waals surface area contributed by atoms with Crippen LogP contribution in [0, 0.1) is 6.92 Å². The van der Waals surface area contributed by atoms with E-state index in [1.54, 1.807) is 0 Å². The first-order chi connectivity index (χ1) is 12.4. The lowest BCUT2D eigenvalue weighted by Gasteiger charge is -2.20. The Morgan fingerprint density at radius 1 is 0.731 bits per heavy atom. The van der Waals surface area contributed by atoms with Crippen LogP contribution in [0.3, 0.4) is 0 Å². The molecule has 3 aromatic carbocycles. The maximum Gasteiger partial charge on any atom is 0.213 e. The summed E-state index contributed by atoms with van der Waals surface area (Å²) >= 11 is 0. The van der Waals surface area contributed by atoms with Gasteiger partial charge >= 0.3 is 0 Å². The summed E-state index contributed by atoms with van der Waals surface area (Å²) in [5, 5.41) is 3.94. The second-order valence-electron chi connectivity index (χ2n) is 8.24. The van der Waals surface area contributed by atoms with Crippen LogP contribution in [0.1, 0.15) is 31.9 Å². The van der Waals surface area contributed by atoms with Crippen LogP contribution in [-0.2, 0) is 12.5 Å². The summed E-state index contributed by atoms with van der Waals surface area (Å²) < 4.78 is 2.35. The van der Waals surface area contributed by atoms with Gasteiger partial charge in [0.15, 0.2) is 0 Å². The number of hydrogen-bond donors (Lipinski definition) is 0. The minimum absolute atomic E-state index is 0.128.